The first-order valence-electron chi connectivity index (χ1n) is 5.70. The normalized spacial score (nSPS) is 32.3. The highest BCUT2D eigenvalue weighted by atomic mass is 16.5. The molecule has 1 saturated heterocycles. The fraction of sp³-hybridized carbons (Fsp3) is 0.538. The first kappa shape index (κ1) is 10.7. The Morgan fingerprint density at radius 3 is 2.67 bits per heavy atom. The van der Waals surface area contributed by atoms with E-state index < -0.39 is 0 Å². The van der Waals surface area contributed by atoms with Crippen LogP contribution < -0.4 is 5.32 Å². The van der Waals surface area contributed by atoms with Gasteiger partial charge in [-0.05, 0) is 25.8 Å². The molecule has 2 rings (SSSR count). The molecule has 0 aliphatic carbocycles. The molecule has 0 bridgehead atoms. The third-order valence-electron chi connectivity index (χ3n) is 2.98. The Bertz CT molecular complexity index is 299. The van der Waals surface area contributed by atoms with Gasteiger partial charge in [0.1, 0.15) is 0 Å². The molecule has 3 atom stereocenters. The van der Waals surface area contributed by atoms with E-state index in [4.69, 9.17) is 4.74 Å². The van der Waals surface area contributed by atoms with Gasteiger partial charge in [0.2, 0.25) is 0 Å². The number of hydrogen-bond donors (Lipinski definition) is 1. The average Bonchev–Trinajstić information content (AvgIpc) is 2.40. The van der Waals surface area contributed by atoms with Crippen LogP contribution in [-0.2, 0) is 4.74 Å². The largest absolute Gasteiger partial charge is 0.372 e. The molecule has 0 amide bonds. The molecule has 2 nitrogen and oxygen atoms in total. The van der Waals surface area contributed by atoms with E-state index in [0.717, 1.165) is 13.0 Å². The van der Waals surface area contributed by atoms with E-state index in [1.165, 1.54) is 5.56 Å². The lowest BCUT2D eigenvalue weighted by atomic mass is 10.0. The van der Waals surface area contributed by atoms with Crippen LogP contribution >= 0.6 is 0 Å². The van der Waals surface area contributed by atoms with Crippen molar-refractivity contribution in [3.63, 3.8) is 0 Å². The Labute approximate surface area is 91.6 Å². The first-order valence-corrected chi connectivity index (χ1v) is 5.70. The molecule has 1 fully saturated rings. The summed E-state index contributed by atoms with van der Waals surface area (Å²) in [5.41, 5.74) is 1.27. The molecule has 82 valence electrons. The van der Waals surface area contributed by atoms with Crippen LogP contribution in [0.3, 0.4) is 0 Å². The van der Waals surface area contributed by atoms with E-state index in [2.05, 4.69) is 43.4 Å². The maximum Gasteiger partial charge on any atom is 0.0975 e. The van der Waals surface area contributed by atoms with E-state index in [1.54, 1.807) is 0 Å². The smallest absolute Gasteiger partial charge is 0.0975 e. The number of nitrogens with one attached hydrogen (secondary N) is 1. The quantitative estimate of drug-likeness (QED) is 0.760. The van der Waals surface area contributed by atoms with Crippen LogP contribution in [0.1, 0.15) is 31.9 Å². The molecule has 15 heavy (non-hydrogen) atoms. The topological polar surface area (TPSA) is 21.3 Å². The molecule has 1 aromatic carbocycles. The lowest BCUT2D eigenvalue weighted by Gasteiger charge is -2.23. The number of ether oxygens (including phenoxy) is 1. The summed E-state index contributed by atoms with van der Waals surface area (Å²) >= 11 is 0. The third kappa shape index (κ3) is 2.58. The first-order chi connectivity index (χ1) is 7.27. The predicted molar refractivity (Wildman–Crippen MR) is 61.8 cm³/mol. The number of benzene rings is 1. The van der Waals surface area contributed by atoms with Crippen LogP contribution in [0.25, 0.3) is 0 Å². The van der Waals surface area contributed by atoms with Gasteiger partial charge >= 0.3 is 0 Å². The summed E-state index contributed by atoms with van der Waals surface area (Å²) in [6.07, 6.45) is 1.28. The lowest BCUT2D eigenvalue weighted by molar-refractivity contribution is 0.0461. The monoisotopic (exact) mass is 205 g/mol. The molecule has 1 aliphatic heterocycles. The summed E-state index contributed by atoms with van der Waals surface area (Å²) in [6, 6.07) is 11.4. The molecular formula is C13H19NO. The Balaban J connectivity index is 2.14. The van der Waals surface area contributed by atoms with Gasteiger partial charge in [-0.25, -0.2) is 0 Å². The molecule has 0 aromatic heterocycles. The molecule has 0 radical (unpaired) electrons. The SMILES string of the molecule is CC1CCOC(c2ccccc2)C(C)N1. The van der Waals surface area contributed by atoms with Gasteiger partial charge in [0.25, 0.3) is 0 Å². The van der Waals surface area contributed by atoms with E-state index in [9.17, 15) is 0 Å². The van der Waals surface area contributed by atoms with Gasteiger partial charge in [-0.3, -0.25) is 0 Å². The summed E-state index contributed by atoms with van der Waals surface area (Å²) in [4.78, 5) is 0. The van der Waals surface area contributed by atoms with Crippen molar-refractivity contribution in [1.29, 1.82) is 0 Å². The van der Waals surface area contributed by atoms with E-state index in [-0.39, 0.29) is 6.10 Å². The van der Waals surface area contributed by atoms with Crippen molar-refractivity contribution in [3.05, 3.63) is 35.9 Å². The number of hydrogen-bond acceptors (Lipinski definition) is 2. The molecule has 1 heterocycles. The van der Waals surface area contributed by atoms with Crippen molar-refractivity contribution in [2.24, 2.45) is 0 Å². The second kappa shape index (κ2) is 4.77. The predicted octanol–water partition coefficient (Wildman–Crippen LogP) is 2.51. The van der Waals surface area contributed by atoms with Gasteiger partial charge in [-0.15, -0.1) is 0 Å². The molecule has 2 heteroatoms. The van der Waals surface area contributed by atoms with Crippen molar-refractivity contribution >= 4 is 0 Å². The summed E-state index contributed by atoms with van der Waals surface area (Å²) < 4.78 is 5.91. The summed E-state index contributed by atoms with van der Waals surface area (Å²) in [5.74, 6) is 0. The van der Waals surface area contributed by atoms with E-state index in [1.807, 2.05) is 6.07 Å². The van der Waals surface area contributed by atoms with Gasteiger partial charge in [-0.1, -0.05) is 30.3 Å². The second-order valence-corrected chi connectivity index (χ2v) is 4.35. The van der Waals surface area contributed by atoms with Crippen LogP contribution in [0.15, 0.2) is 30.3 Å². The van der Waals surface area contributed by atoms with Crippen molar-refractivity contribution in [1.82, 2.24) is 5.32 Å². The van der Waals surface area contributed by atoms with Crippen LogP contribution in [0.4, 0.5) is 0 Å². The van der Waals surface area contributed by atoms with Gasteiger partial charge < -0.3 is 10.1 Å². The second-order valence-electron chi connectivity index (χ2n) is 4.35. The Morgan fingerprint density at radius 1 is 1.20 bits per heavy atom. The summed E-state index contributed by atoms with van der Waals surface area (Å²) in [6.45, 7) is 5.25. The zero-order valence-corrected chi connectivity index (χ0v) is 9.44. The highest BCUT2D eigenvalue weighted by Gasteiger charge is 2.24. The fourth-order valence-electron chi connectivity index (χ4n) is 2.16. The van der Waals surface area contributed by atoms with Crippen LogP contribution in [0, 0.1) is 0 Å². The standard InChI is InChI=1S/C13H19NO/c1-10-8-9-15-13(11(2)14-10)12-6-4-3-5-7-12/h3-7,10-11,13-14H,8-9H2,1-2H3. The number of rotatable bonds is 1. The minimum Gasteiger partial charge on any atom is -0.372 e. The molecule has 1 aromatic rings. The minimum atomic E-state index is 0.191. The van der Waals surface area contributed by atoms with Gasteiger partial charge in [0, 0.05) is 18.7 Å². The lowest BCUT2D eigenvalue weighted by Crippen LogP contribution is -2.36. The molecule has 1 aliphatic rings. The van der Waals surface area contributed by atoms with Crippen LogP contribution in [0.2, 0.25) is 0 Å². The third-order valence-corrected chi connectivity index (χ3v) is 2.98. The minimum absolute atomic E-state index is 0.191. The summed E-state index contributed by atoms with van der Waals surface area (Å²) in [5, 5.41) is 3.57. The molecule has 0 saturated carbocycles. The molecule has 0 spiro atoms. The molecular weight excluding hydrogens is 186 g/mol. The van der Waals surface area contributed by atoms with Crippen molar-refractivity contribution in [3.8, 4) is 0 Å². The van der Waals surface area contributed by atoms with E-state index in [0.29, 0.717) is 12.1 Å². The van der Waals surface area contributed by atoms with Crippen molar-refractivity contribution < 1.29 is 4.74 Å². The zero-order valence-electron chi connectivity index (χ0n) is 9.44. The van der Waals surface area contributed by atoms with Gasteiger partial charge in [0.15, 0.2) is 0 Å². The van der Waals surface area contributed by atoms with Crippen LogP contribution in [-0.4, -0.2) is 18.7 Å². The highest BCUT2D eigenvalue weighted by Crippen LogP contribution is 2.24. The van der Waals surface area contributed by atoms with E-state index >= 15 is 0 Å². The van der Waals surface area contributed by atoms with Gasteiger partial charge in [0.05, 0.1) is 6.10 Å². The molecule has 3 unspecified atom stereocenters. The maximum atomic E-state index is 5.91. The van der Waals surface area contributed by atoms with Gasteiger partial charge in [-0.2, -0.15) is 0 Å². The zero-order chi connectivity index (χ0) is 10.7. The maximum absolute atomic E-state index is 5.91. The molecule has 1 N–H and O–H groups in total. The Morgan fingerprint density at radius 2 is 1.93 bits per heavy atom. The van der Waals surface area contributed by atoms with Crippen molar-refractivity contribution in [2.75, 3.05) is 6.61 Å². The summed E-state index contributed by atoms with van der Waals surface area (Å²) in [7, 11) is 0. The Hall–Kier alpha value is -0.860. The van der Waals surface area contributed by atoms with Crippen LogP contribution in [0.5, 0.6) is 0 Å². The average molecular weight is 205 g/mol. The fourth-order valence-corrected chi connectivity index (χ4v) is 2.16. The highest BCUT2D eigenvalue weighted by molar-refractivity contribution is 5.19. The Kier molecular flexibility index (Phi) is 3.39. The van der Waals surface area contributed by atoms with Crippen molar-refractivity contribution in [2.45, 2.75) is 38.5 Å².